The Morgan fingerprint density at radius 3 is 0.780 bits per heavy atom. The second-order valence-electron chi connectivity index (χ2n) is 26.2. The van der Waals surface area contributed by atoms with E-state index in [1.807, 2.05) is 0 Å². The SMILES string of the molecule is CCCCCCCCCCCCCCCCCC(=O)OC[C@H](COP(=O)(O)OC[C@@H](O)COP(=O)(O)OC[C@@H](COC(=O)CCCCCCC)OC(=O)CCCCCCCCCCC)OC(=O)CCCCCCCCCCCCCCCCCCCCC(C)CC. The fourth-order valence-electron chi connectivity index (χ4n) is 11.0. The molecule has 0 radical (unpaired) electrons. The summed E-state index contributed by atoms with van der Waals surface area (Å²) in [6.07, 6.45) is 53.2. The molecule has 0 rings (SSSR count). The first-order chi connectivity index (χ1) is 44.1. The van der Waals surface area contributed by atoms with Gasteiger partial charge in [-0.3, -0.25) is 37.3 Å². The van der Waals surface area contributed by atoms with Gasteiger partial charge in [-0.25, -0.2) is 9.13 Å². The second kappa shape index (κ2) is 65.4. The Morgan fingerprint density at radius 1 is 0.308 bits per heavy atom. The molecule has 0 amide bonds. The third kappa shape index (κ3) is 65.1. The zero-order valence-corrected chi connectivity index (χ0v) is 60.8. The molecule has 0 aromatic heterocycles. The number of hydrogen-bond acceptors (Lipinski definition) is 15. The van der Waals surface area contributed by atoms with E-state index < -0.39 is 97.5 Å². The Kier molecular flexibility index (Phi) is 64.0. The van der Waals surface area contributed by atoms with E-state index in [9.17, 15) is 43.2 Å². The van der Waals surface area contributed by atoms with Gasteiger partial charge in [0, 0.05) is 25.7 Å². The first-order valence-electron chi connectivity index (χ1n) is 37.7. The maximum absolute atomic E-state index is 13.1. The zero-order chi connectivity index (χ0) is 67.0. The lowest BCUT2D eigenvalue weighted by Crippen LogP contribution is -2.30. The largest absolute Gasteiger partial charge is 0.472 e. The van der Waals surface area contributed by atoms with Crippen LogP contribution in [0.1, 0.15) is 375 Å². The molecule has 3 N–H and O–H groups in total. The summed E-state index contributed by atoms with van der Waals surface area (Å²) in [6.45, 7) is 7.22. The molecule has 0 saturated carbocycles. The molecule has 0 aliphatic rings. The normalized spacial score (nSPS) is 14.3. The van der Waals surface area contributed by atoms with Gasteiger partial charge in [-0.05, 0) is 31.6 Å². The Hall–Kier alpha value is -1.94. The van der Waals surface area contributed by atoms with Crippen molar-refractivity contribution in [3.8, 4) is 0 Å². The molecule has 0 spiro atoms. The molecule has 0 aromatic carbocycles. The lowest BCUT2D eigenvalue weighted by molar-refractivity contribution is -0.161. The van der Waals surface area contributed by atoms with Crippen LogP contribution in [-0.2, 0) is 65.4 Å². The highest BCUT2D eigenvalue weighted by molar-refractivity contribution is 7.47. The average Bonchev–Trinajstić information content (AvgIpc) is 3.56. The lowest BCUT2D eigenvalue weighted by Gasteiger charge is -2.21. The number of esters is 4. The number of ether oxygens (including phenoxy) is 4. The number of aliphatic hydroxyl groups is 1. The monoisotopic (exact) mass is 1340 g/mol. The Balaban J connectivity index is 5.09. The minimum Gasteiger partial charge on any atom is -0.462 e. The standard InChI is InChI=1S/C72H140O17P2/c1-6-10-13-16-18-20-21-22-27-31-34-38-41-46-51-56-70(75)83-62-68(89-72(77)58-53-48-43-39-35-32-29-26-24-23-25-28-30-33-37-40-45-49-54-65(5)9-4)64-87-91(80,81)85-60-66(73)59-84-90(78,79)86-63-67(61-82-69(74)55-50-44-15-12-8-3)88-71(76)57-52-47-42-36-19-17-14-11-7-2/h65-68,73H,6-64H2,1-5H3,(H,78,79)(H,80,81)/t65?,66-,67+,68+/m0/s1. The van der Waals surface area contributed by atoms with Crippen molar-refractivity contribution in [3.05, 3.63) is 0 Å². The van der Waals surface area contributed by atoms with Crippen LogP contribution in [0.25, 0.3) is 0 Å². The number of unbranched alkanes of at least 4 members (excludes halogenated alkanes) is 43. The topological polar surface area (TPSA) is 237 Å². The van der Waals surface area contributed by atoms with Gasteiger partial charge in [-0.2, -0.15) is 0 Å². The van der Waals surface area contributed by atoms with Gasteiger partial charge in [-0.15, -0.1) is 0 Å². The molecule has 6 atom stereocenters. The molecule has 0 bridgehead atoms. The quantitative estimate of drug-likeness (QED) is 0.0222. The van der Waals surface area contributed by atoms with Gasteiger partial charge in [0.25, 0.3) is 0 Å². The highest BCUT2D eigenvalue weighted by Crippen LogP contribution is 2.45. The van der Waals surface area contributed by atoms with Crippen molar-refractivity contribution in [1.82, 2.24) is 0 Å². The van der Waals surface area contributed by atoms with E-state index in [1.54, 1.807) is 0 Å². The number of phosphoric acid groups is 2. The molecule has 3 unspecified atom stereocenters. The third-order valence-electron chi connectivity index (χ3n) is 17.1. The van der Waals surface area contributed by atoms with E-state index >= 15 is 0 Å². The summed E-state index contributed by atoms with van der Waals surface area (Å²) >= 11 is 0. The number of rotatable bonds is 72. The van der Waals surface area contributed by atoms with Crippen LogP contribution in [0.4, 0.5) is 0 Å². The van der Waals surface area contributed by atoms with Crippen molar-refractivity contribution >= 4 is 39.5 Å². The zero-order valence-electron chi connectivity index (χ0n) is 59.0. The first kappa shape index (κ1) is 89.1. The van der Waals surface area contributed by atoms with Crippen molar-refractivity contribution in [3.63, 3.8) is 0 Å². The van der Waals surface area contributed by atoms with Crippen LogP contribution in [-0.4, -0.2) is 96.7 Å². The molecule has 0 heterocycles. The third-order valence-corrected chi connectivity index (χ3v) is 19.0. The van der Waals surface area contributed by atoms with Crippen LogP contribution in [0.15, 0.2) is 0 Å². The van der Waals surface area contributed by atoms with E-state index in [0.29, 0.717) is 25.7 Å². The summed E-state index contributed by atoms with van der Waals surface area (Å²) in [4.78, 5) is 72.2. The number of carbonyl (C=O) groups is 4. The Labute approximate surface area is 556 Å². The fraction of sp³-hybridized carbons (Fsp3) is 0.944. The average molecular weight is 1340 g/mol. The molecule has 0 fully saturated rings. The first-order valence-corrected chi connectivity index (χ1v) is 40.7. The van der Waals surface area contributed by atoms with E-state index in [4.69, 9.17) is 37.0 Å². The van der Waals surface area contributed by atoms with Gasteiger partial charge in [-0.1, -0.05) is 324 Å². The van der Waals surface area contributed by atoms with Gasteiger partial charge in [0.2, 0.25) is 0 Å². The molecule has 540 valence electrons. The van der Waals surface area contributed by atoms with Gasteiger partial charge < -0.3 is 33.8 Å². The predicted octanol–water partition coefficient (Wildman–Crippen LogP) is 20.9. The molecule has 0 aromatic rings. The van der Waals surface area contributed by atoms with E-state index in [1.165, 1.54) is 193 Å². The summed E-state index contributed by atoms with van der Waals surface area (Å²) in [7, 11) is -9.89. The maximum Gasteiger partial charge on any atom is 0.472 e. The van der Waals surface area contributed by atoms with E-state index in [0.717, 1.165) is 102 Å². The van der Waals surface area contributed by atoms with Gasteiger partial charge in [0.15, 0.2) is 12.2 Å². The predicted molar refractivity (Wildman–Crippen MR) is 368 cm³/mol. The summed E-state index contributed by atoms with van der Waals surface area (Å²) in [5.41, 5.74) is 0. The fourth-order valence-corrected chi connectivity index (χ4v) is 12.5. The smallest absolute Gasteiger partial charge is 0.462 e. The van der Waals surface area contributed by atoms with Crippen LogP contribution in [0.2, 0.25) is 0 Å². The minimum atomic E-state index is -4.95. The molecule has 0 aliphatic heterocycles. The van der Waals surface area contributed by atoms with E-state index in [-0.39, 0.29) is 25.7 Å². The second-order valence-corrected chi connectivity index (χ2v) is 29.1. The van der Waals surface area contributed by atoms with Crippen LogP contribution in [0.3, 0.4) is 0 Å². The van der Waals surface area contributed by atoms with Crippen molar-refractivity contribution in [2.75, 3.05) is 39.6 Å². The van der Waals surface area contributed by atoms with Crippen LogP contribution < -0.4 is 0 Å². The van der Waals surface area contributed by atoms with Crippen LogP contribution >= 0.6 is 15.6 Å². The number of carbonyl (C=O) groups excluding carboxylic acids is 4. The molecule has 0 aliphatic carbocycles. The molecular formula is C72H140O17P2. The van der Waals surface area contributed by atoms with Gasteiger partial charge >= 0.3 is 39.5 Å². The lowest BCUT2D eigenvalue weighted by atomic mass is 9.99. The van der Waals surface area contributed by atoms with Crippen molar-refractivity contribution in [2.45, 2.75) is 393 Å². The minimum absolute atomic E-state index is 0.105. The number of phosphoric ester groups is 2. The maximum atomic E-state index is 13.1. The molecule has 17 nitrogen and oxygen atoms in total. The van der Waals surface area contributed by atoms with Crippen molar-refractivity contribution in [1.29, 1.82) is 0 Å². The summed E-state index contributed by atoms with van der Waals surface area (Å²) in [5, 5.41) is 10.6. The van der Waals surface area contributed by atoms with E-state index in [2.05, 4.69) is 34.6 Å². The number of aliphatic hydroxyl groups excluding tert-OH is 1. The van der Waals surface area contributed by atoms with Crippen LogP contribution in [0, 0.1) is 5.92 Å². The van der Waals surface area contributed by atoms with Gasteiger partial charge in [0.05, 0.1) is 26.4 Å². The summed E-state index contributed by atoms with van der Waals surface area (Å²) in [6, 6.07) is 0. The molecule has 91 heavy (non-hydrogen) atoms. The highest BCUT2D eigenvalue weighted by Gasteiger charge is 2.30. The summed E-state index contributed by atoms with van der Waals surface area (Å²) in [5.74, 6) is -1.26. The van der Waals surface area contributed by atoms with Crippen LogP contribution in [0.5, 0.6) is 0 Å². The molecule has 0 saturated heterocycles. The molecule has 19 heteroatoms. The van der Waals surface area contributed by atoms with Gasteiger partial charge in [0.1, 0.15) is 19.3 Å². The van der Waals surface area contributed by atoms with Crippen molar-refractivity contribution < 1.29 is 80.2 Å². The number of hydrogen-bond donors (Lipinski definition) is 3. The molecular weight excluding hydrogens is 1200 g/mol. The van der Waals surface area contributed by atoms with Crippen molar-refractivity contribution in [2.24, 2.45) is 5.92 Å². The summed E-state index contributed by atoms with van der Waals surface area (Å²) < 4.78 is 68.0. The highest BCUT2D eigenvalue weighted by atomic mass is 31.2. The Morgan fingerprint density at radius 2 is 0.527 bits per heavy atom. The Bertz CT molecular complexity index is 1760.